The van der Waals surface area contributed by atoms with Gasteiger partial charge in [-0.15, -0.1) is 0 Å². The SMILES string of the molecule is CC(C)(C)C(NC(=O)CCC1CCNC1)c1ccc(F)cc1F. The third-order valence-corrected chi connectivity index (χ3v) is 4.39. The Morgan fingerprint density at radius 2 is 2.13 bits per heavy atom. The van der Waals surface area contributed by atoms with Gasteiger partial charge in [0, 0.05) is 18.1 Å². The molecule has 0 aromatic heterocycles. The van der Waals surface area contributed by atoms with Crippen molar-refractivity contribution < 1.29 is 13.6 Å². The molecular weight excluding hydrogens is 298 g/mol. The van der Waals surface area contributed by atoms with Gasteiger partial charge in [0.2, 0.25) is 5.91 Å². The summed E-state index contributed by atoms with van der Waals surface area (Å²) >= 11 is 0. The highest BCUT2D eigenvalue weighted by atomic mass is 19.1. The van der Waals surface area contributed by atoms with Crippen molar-refractivity contribution in [1.82, 2.24) is 10.6 Å². The first-order valence-corrected chi connectivity index (χ1v) is 8.22. The molecule has 0 aliphatic carbocycles. The van der Waals surface area contributed by atoms with Gasteiger partial charge in [-0.1, -0.05) is 26.8 Å². The topological polar surface area (TPSA) is 41.1 Å². The maximum Gasteiger partial charge on any atom is 0.220 e. The summed E-state index contributed by atoms with van der Waals surface area (Å²) in [5, 5.41) is 6.22. The fraction of sp³-hybridized carbons (Fsp3) is 0.611. The summed E-state index contributed by atoms with van der Waals surface area (Å²) in [6, 6.07) is 3.02. The standard InChI is InChI=1S/C18H26F2N2O/c1-18(2,3)17(14-6-5-13(19)10-15(14)20)22-16(23)7-4-12-8-9-21-11-12/h5-6,10,12,17,21H,4,7-9,11H2,1-3H3,(H,22,23). The first-order valence-electron chi connectivity index (χ1n) is 8.22. The lowest BCUT2D eigenvalue weighted by Gasteiger charge is -2.32. The van der Waals surface area contributed by atoms with Crippen molar-refractivity contribution in [2.45, 2.75) is 46.1 Å². The Morgan fingerprint density at radius 1 is 1.39 bits per heavy atom. The van der Waals surface area contributed by atoms with E-state index in [0.29, 0.717) is 17.9 Å². The van der Waals surface area contributed by atoms with E-state index in [-0.39, 0.29) is 11.3 Å². The number of carbonyl (C=O) groups is 1. The molecule has 1 saturated heterocycles. The van der Waals surface area contributed by atoms with Crippen molar-refractivity contribution in [1.29, 1.82) is 0 Å². The van der Waals surface area contributed by atoms with E-state index in [9.17, 15) is 13.6 Å². The first kappa shape index (κ1) is 17.9. The van der Waals surface area contributed by atoms with Gasteiger partial charge in [0.05, 0.1) is 6.04 Å². The molecule has 1 amide bonds. The van der Waals surface area contributed by atoms with Gasteiger partial charge in [0.25, 0.3) is 0 Å². The Morgan fingerprint density at radius 3 is 2.70 bits per heavy atom. The first-order chi connectivity index (χ1) is 10.8. The van der Waals surface area contributed by atoms with Gasteiger partial charge in [-0.2, -0.15) is 0 Å². The molecule has 2 rings (SSSR count). The fourth-order valence-electron chi connectivity index (χ4n) is 3.03. The molecule has 2 unspecified atom stereocenters. The molecule has 0 bridgehead atoms. The van der Waals surface area contributed by atoms with Crippen LogP contribution in [0.4, 0.5) is 8.78 Å². The summed E-state index contributed by atoms with van der Waals surface area (Å²) in [6.07, 6.45) is 2.37. The minimum atomic E-state index is -0.620. The molecule has 1 aliphatic heterocycles. The Hall–Kier alpha value is -1.49. The molecule has 2 N–H and O–H groups in total. The Bertz CT molecular complexity index is 548. The van der Waals surface area contributed by atoms with Crippen LogP contribution in [0.3, 0.4) is 0 Å². The number of halogens is 2. The molecule has 0 spiro atoms. The molecule has 1 aliphatic rings. The van der Waals surface area contributed by atoms with Crippen LogP contribution in [-0.4, -0.2) is 19.0 Å². The number of carbonyl (C=O) groups excluding carboxylic acids is 1. The summed E-state index contributed by atoms with van der Waals surface area (Å²) in [7, 11) is 0. The third-order valence-electron chi connectivity index (χ3n) is 4.39. The van der Waals surface area contributed by atoms with Crippen molar-refractivity contribution in [3.05, 3.63) is 35.4 Å². The van der Waals surface area contributed by atoms with E-state index < -0.39 is 17.7 Å². The van der Waals surface area contributed by atoms with Crippen LogP contribution >= 0.6 is 0 Å². The largest absolute Gasteiger partial charge is 0.349 e. The molecule has 5 heteroatoms. The van der Waals surface area contributed by atoms with Gasteiger partial charge in [0.15, 0.2) is 0 Å². The van der Waals surface area contributed by atoms with Crippen LogP contribution in [0, 0.1) is 23.0 Å². The summed E-state index contributed by atoms with van der Waals surface area (Å²) < 4.78 is 27.2. The van der Waals surface area contributed by atoms with E-state index in [0.717, 1.165) is 32.0 Å². The van der Waals surface area contributed by atoms with Crippen molar-refractivity contribution in [3.8, 4) is 0 Å². The Labute approximate surface area is 136 Å². The van der Waals surface area contributed by atoms with E-state index in [1.165, 1.54) is 12.1 Å². The molecule has 0 saturated carbocycles. The minimum absolute atomic E-state index is 0.0828. The predicted molar refractivity (Wildman–Crippen MR) is 86.9 cm³/mol. The van der Waals surface area contributed by atoms with E-state index in [1.807, 2.05) is 20.8 Å². The van der Waals surface area contributed by atoms with Crippen LogP contribution in [0.2, 0.25) is 0 Å². The smallest absolute Gasteiger partial charge is 0.220 e. The van der Waals surface area contributed by atoms with Crippen LogP contribution in [0.5, 0.6) is 0 Å². The number of amides is 1. The number of rotatable bonds is 5. The minimum Gasteiger partial charge on any atom is -0.349 e. The fourth-order valence-corrected chi connectivity index (χ4v) is 3.03. The quantitative estimate of drug-likeness (QED) is 0.869. The second-order valence-electron chi connectivity index (χ2n) is 7.43. The number of hydrogen-bond donors (Lipinski definition) is 2. The molecule has 1 fully saturated rings. The van der Waals surface area contributed by atoms with Crippen LogP contribution in [0.15, 0.2) is 18.2 Å². The molecule has 128 valence electrons. The van der Waals surface area contributed by atoms with Crippen molar-refractivity contribution in [2.24, 2.45) is 11.3 Å². The van der Waals surface area contributed by atoms with E-state index >= 15 is 0 Å². The maximum absolute atomic E-state index is 14.1. The summed E-state index contributed by atoms with van der Waals surface area (Å²) in [4.78, 5) is 12.3. The van der Waals surface area contributed by atoms with Crippen LogP contribution < -0.4 is 10.6 Å². The van der Waals surface area contributed by atoms with Crippen LogP contribution in [0.1, 0.15) is 51.6 Å². The molecule has 2 atom stereocenters. The van der Waals surface area contributed by atoms with Gasteiger partial charge in [-0.25, -0.2) is 8.78 Å². The zero-order chi connectivity index (χ0) is 17.0. The molecule has 23 heavy (non-hydrogen) atoms. The van der Waals surface area contributed by atoms with Gasteiger partial charge in [-0.05, 0) is 43.3 Å². The lowest BCUT2D eigenvalue weighted by atomic mass is 9.82. The summed E-state index contributed by atoms with van der Waals surface area (Å²) in [6.45, 7) is 7.77. The van der Waals surface area contributed by atoms with Crippen molar-refractivity contribution in [2.75, 3.05) is 13.1 Å². The predicted octanol–water partition coefficient (Wildman–Crippen LogP) is 3.56. The third kappa shape index (κ3) is 4.99. The van der Waals surface area contributed by atoms with Gasteiger partial charge in [-0.3, -0.25) is 4.79 Å². The summed E-state index contributed by atoms with van der Waals surface area (Å²) in [5.74, 6) is -0.777. The van der Waals surface area contributed by atoms with Gasteiger partial charge >= 0.3 is 0 Å². The zero-order valence-corrected chi connectivity index (χ0v) is 14.1. The van der Waals surface area contributed by atoms with Crippen LogP contribution in [0.25, 0.3) is 0 Å². The average Bonchev–Trinajstić information content (AvgIpc) is 2.95. The van der Waals surface area contributed by atoms with Crippen molar-refractivity contribution >= 4 is 5.91 Å². The molecule has 1 heterocycles. The van der Waals surface area contributed by atoms with Crippen molar-refractivity contribution in [3.63, 3.8) is 0 Å². The molecular formula is C18H26F2N2O. The van der Waals surface area contributed by atoms with Gasteiger partial charge < -0.3 is 10.6 Å². The van der Waals surface area contributed by atoms with E-state index in [4.69, 9.17) is 0 Å². The average molecular weight is 324 g/mol. The normalized spacial score (nSPS) is 19.6. The lowest BCUT2D eigenvalue weighted by molar-refractivity contribution is -0.122. The number of benzene rings is 1. The molecule has 3 nitrogen and oxygen atoms in total. The van der Waals surface area contributed by atoms with Gasteiger partial charge in [0.1, 0.15) is 11.6 Å². The molecule has 1 aromatic rings. The monoisotopic (exact) mass is 324 g/mol. The maximum atomic E-state index is 14.1. The van der Waals surface area contributed by atoms with E-state index in [1.54, 1.807) is 0 Å². The molecule has 0 radical (unpaired) electrons. The highest BCUT2D eigenvalue weighted by molar-refractivity contribution is 5.76. The highest BCUT2D eigenvalue weighted by Gasteiger charge is 2.30. The Balaban J connectivity index is 2.05. The second kappa shape index (κ2) is 7.39. The lowest BCUT2D eigenvalue weighted by Crippen LogP contribution is -2.37. The number of hydrogen-bond acceptors (Lipinski definition) is 2. The van der Waals surface area contributed by atoms with Crippen LogP contribution in [-0.2, 0) is 4.79 Å². The highest BCUT2D eigenvalue weighted by Crippen LogP contribution is 2.34. The Kier molecular flexibility index (Phi) is 5.74. The second-order valence-corrected chi connectivity index (χ2v) is 7.43. The number of nitrogens with one attached hydrogen (secondary N) is 2. The molecule has 1 aromatic carbocycles. The zero-order valence-electron chi connectivity index (χ0n) is 14.1. The van der Waals surface area contributed by atoms with E-state index in [2.05, 4.69) is 10.6 Å². The summed E-state index contributed by atoms with van der Waals surface area (Å²) in [5.41, 5.74) is -0.0433.